The number of nitrogens with one attached hydrogen (secondary N) is 1. The lowest BCUT2D eigenvalue weighted by molar-refractivity contribution is -0.384. The highest BCUT2D eigenvalue weighted by Gasteiger charge is 2.37. The first-order chi connectivity index (χ1) is 16.7. The lowest BCUT2D eigenvalue weighted by atomic mass is 9.88. The van der Waals surface area contributed by atoms with Gasteiger partial charge in [0.05, 0.1) is 11.0 Å². The Hall–Kier alpha value is -3.64. The van der Waals surface area contributed by atoms with E-state index in [1.54, 1.807) is 18.2 Å². The van der Waals surface area contributed by atoms with Gasteiger partial charge in [-0.3, -0.25) is 15.0 Å². The van der Waals surface area contributed by atoms with E-state index in [2.05, 4.69) is 69.4 Å². The van der Waals surface area contributed by atoms with Gasteiger partial charge in [-0.25, -0.2) is 0 Å². The largest absolute Gasteiger partial charge is 0.382 e. The molecule has 2 unspecified atom stereocenters. The molecule has 0 amide bonds. The quantitative estimate of drug-likeness (QED) is 0.308. The van der Waals surface area contributed by atoms with Gasteiger partial charge in [0, 0.05) is 60.1 Å². The molecule has 3 aromatic carbocycles. The fraction of sp³-hybridized carbons (Fsp3) is 0.286. The van der Waals surface area contributed by atoms with E-state index < -0.39 is 0 Å². The van der Waals surface area contributed by atoms with Gasteiger partial charge in [0.2, 0.25) is 0 Å². The first kappa shape index (κ1) is 20.9. The van der Waals surface area contributed by atoms with E-state index >= 15 is 0 Å². The number of nitro benzene ring substituents is 1. The zero-order valence-corrected chi connectivity index (χ0v) is 19.1. The van der Waals surface area contributed by atoms with Gasteiger partial charge < -0.3 is 9.88 Å². The van der Waals surface area contributed by atoms with E-state index in [-0.39, 0.29) is 16.7 Å². The lowest BCUT2D eigenvalue weighted by Gasteiger charge is -2.43. The van der Waals surface area contributed by atoms with Crippen molar-refractivity contribution in [3.63, 3.8) is 0 Å². The zero-order chi connectivity index (χ0) is 23.1. The number of hydrogen-bond acceptors (Lipinski definition) is 4. The van der Waals surface area contributed by atoms with Crippen molar-refractivity contribution in [3.8, 4) is 0 Å². The first-order valence-electron chi connectivity index (χ1n) is 12.1. The minimum absolute atomic E-state index is 0.130. The second-order valence-electron chi connectivity index (χ2n) is 9.43. The maximum absolute atomic E-state index is 11.2. The van der Waals surface area contributed by atoms with Gasteiger partial charge in [-0.2, -0.15) is 0 Å². The summed E-state index contributed by atoms with van der Waals surface area (Å²) in [5.41, 5.74) is 6.52. The number of anilines is 1. The SMILES string of the molecule is O=[N+]([O-])c1cccc(NC2CCN3CCc4c(n(Cc5ccccc5)c5ccccc45)C3C2)c1. The monoisotopic (exact) mass is 452 g/mol. The van der Waals surface area contributed by atoms with Crippen LogP contribution in [0.15, 0.2) is 78.9 Å². The second-order valence-corrected chi connectivity index (χ2v) is 9.43. The summed E-state index contributed by atoms with van der Waals surface area (Å²) in [6.07, 6.45) is 3.10. The van der Waals surface area contributed by atoms with Crippen molar-refractivity contribution < 1.29 is 4.92 Å². The molecule has 2 aliphatic rings. The summed E-state index contributed by atoms with van der Waals surface area (Å²) in [5.74, 6) is 0. The minimum atomic E-state index is -0.330. The van der Waals surface area contributed by atoms with Crippen LogP contribution in [0, 0.1) is 10.1 Å². The third-order valence-electron chi connectivity index (χ3n) is 7.41. The second kappa shape index (κ2) is 8.61. The fourth-order valence-corrected chi connectivity index (χ4v) is 5.87. The molecule has 0 spiro atoms. The molecule has 6 rings (SSSR count). The van der Waals surface area contributed by atoms with Gasteiger partial charge >= 0.3 is 0 Å². The number of aromatic nitrogens is 1. The van der Waals surface area contributed by atoms with E-state index in [0.29, 0.717) is 6.04 Å². The van der Waals surface area contributed by atoms with Crippen molar-refractivity contribution >= 4 is 22.3 Å². The lowest BCUT2D eigenvalue weighted by Crippen LogP contribution is -2.45. The summed E-state index contributed by atoms with van der Waals surface area (Å²) in [6, 6.07) is 27.0. The molecule has 1 saturated heterocycles. The third-order valence-corrected chi connectivity index (χ3v) is 7.41. The number of benzene rings is 3. The van der Waals surface area contributed by atoms with Crippen LogP contribution in [0.3, 0.4) is 0 Å². The molecule has 172 valence electrons. The van der Waals surface area contributed by atoms with E-state index in [4.69, 9.17) is 0 Å². The zero-order valence-electron chi connectivity index (χ0n) is 19.1. The maximum atomic E-state index is 11.2. The van der Waals surface area contributed by atoms with Gasteiger partial charge in [0.15, 0.2) is 0 Å². The van der Waals surface area contributed by atoms with Crippen molar-refractivity contribution in [2.45, 2.75) is 37.9 Å². The van der Waals surface area contributed by atoms with Gasteiger partial charge in [-0.1, -0.05) is 54.6 Å². The summed E-state index contributed by atoms with van der Waals surface area (Å²) < 4.78 is 2.53. The van der Waals surface area contributed by atoms with E-state index in [9.17, 15) is 10.1 Å². The highest BCUT2D eigenvalue weighted by atomic mass is 16.6. The standard InChI is InChI=1S/C28H28N4O2/c33-32(34)23-10-6-9-21(17-23)29-22-13-15-30-16-14-25-24-11-4-5-12-26(24)31(28(25)27(30)18-22)19-20-7-2-1-3-8-20/h1-12,17,22,27,29H,13-16,18-19H2. The van der Waals surface area contributed by atoms with Crippen molar-refractivity contribution in [3.05, 3.63) is 106 Å². The first-order valence-corrected chi connectivity index (χ1v) is 12.1. The normalized spacial score (nSPS) is 20.0. The van der Waals surface area contributed by atoms with Gasteiger partial charge in [-0.05, 0) is 42.5 Å². The number of rotatable bonds is 5. The third kappa shape index (κ3) is 3.74. The van der Waals surface area contributed by atoms with Crippen LogP contribution < -0.4 is 5.32 Å². The van der Waals surface area contributed by atoms with Crippen molar-refractivity contribution in [1.82, 2.24) is 9.47 Å². The van der Waals surface area contributed by atoms with Crippen LogP contribution in [0.1, 0.15) is 35.7 Å². The van der Waals surface area contributed by atoms with E-state index in [0.717, 1.165) is 44.6 Å². The summed E-state index contributed by atoms with van der Waals surface area (Å²) in [4.78, 5) is 13.5. The van der Waals surface area contributed by atoms with Gasteiger partial charge in [-0.15, -0.1) is 0 Å². The molecule has 2 aliphatic heterocycles. The molecule has 1 N–H and O–H groups in total. The van der Waals surface area contributed by atoms with Crippen LogP contribution in [-0.2, 0) is 13.0 Å². The number of hydrogen-bond donors (Lipinski definition) is 1. The Morgan fingerprint density at radius 3 is 2.65 bits per heavy atom. The molecule has 2 atom stereocenters. The van der Waals surface area contributed by atoms with Gasteiger partial charge in [0.1, 0.15) is 0 Å². The molecular formula is C28H28N4O2. The Morgan fingerprint density at radius 2 is 1.79 bits per heavy atom. The number of non-ortho nitro benzene ring substituents is 1. The molecular weight excluding hydrogens is 424 g/mol. The summed E-state index contributed by atoms with van der Waals surface area (Å²) >= 11 is 0. The number of nitrogens with zero attached hydrogens (tertiary/aromatic N) is 3. The minimum Gasteiger partial charge on any atom is -0.382 e. The van der Waals surface area contributed by atoms with Crippen LogP contribution in [0.25, 0.3) is 10.9 Å². The predicted molar refractivity (Wildman–Crippen MR) is 135 cm³/mol. The Kier molecular flexibility index (Phi) is 5.30. The van der Waals surface area contributed by atoms with Crippen LogP contribution in [-0.4, -0.2) is 33.5 Å². The molecule has 6 heteroatoms. The average Bonchev–Trinajstić information content (AvgIpc) is 3.19. The maximum Gasteiger partial charge on any atom is 0.271 e. The van der Waals surface area contributed by atoms with Gasteiger partial charge in [0.25, 0.3) is 5.69 Å². The number of piperidine rings is 1. The molecule has 0 bridgehead atoms. The molecule has 3 heterocycles. The Morgan fingerprint density at radius 1 is 0.971 bits per heavy atom. The molecule has 6 nitrogen and oxygen atoms in total. The Bertz CT molecular complexity index is 1350. The van der Waals surface area contributed by atoms with Crippen molar-refractivity contribution in [1.29, 1.82) is 0 Å². The summed E-state index contributed by atoms with van der Waals surface area (Å²) in [5, 5.41) is 16.2. The highest BCUT2D eigenvalue weighted by molar-refractivity contribution is 5.86. The summed E-state index contributed by atoms with van der Waals surface area (Å²) in [7, 11) is 0. The van der Waals surface area contributed by atoms with E-state index in [1.807, 2.05) is 6.07 Å². The summed E-state index contributed by atoms with van der Waals surface area (Å²) in [6.45, 7) is 2.98. The highest BCUT2D eigenvalue weighted by Crippen LogP contribution is 2.42. The molecule has 0 aliphatic carbocycles. The average molecular weight is 453 g/mol. The fourth-order valence-electron chi connectivity index (χ4n) is 5.87. The van der Waals surface area contributed by atoms with Crippen LogP contribution in [0.2, 0.25) is 0 Å². The molecule has 4 aromatic rings. The van der Waals surface area contributed by atoms with Crippen molar-refractivity contribution in [2.75, 3.05) is 18.4 Å². The Labute approximate surface area is 199 Å². The van der Waals surface area contributed by atoms with Crippen LogP contribution in [0.5, 0.6) is 0 Å². The Balaban J connectivity index is 1.35. The number of nitro groups is 1. The smallest absolute Gasteiger partial charge is 0.271 e. The molecule has 0 radical (unpaired) electrons. The molecule has 1 aromatic heterocycles. The predicted octanol–water partition coefficient (Wildman–Crippen LogP) is 5.77. The van der Waals surface area contributed by atoms with Crippen LogP contribution in [0.4, 0.5) is 11.4 Å². The topological polar surface area (TPSA) is 63.3 Å². The number of para-hydroxylation sites is 1. The van der Waals surface area contributed by atoms with Crippen LogP contribution >= 0.6 is 0 Å². The van der Waals surface area contributed by atoms with E-state index in [1.165, 1.54) is 27.7 Å². The molecule has 34 heavy (non-hydrogen) atoms. The molecule has 1 fully saturated rings. The number of fused-ring (bicyclic) bond motifs is 5. The molecule has 0 saturated carbocycles. The van der Waals surface area contributed by atoms with Crippen molar-refractivity contribution in [2.24, 2.45) is 0 Å².